The van der Waals surface area contributed by atoms with Crippen molar-refractivity contribution in [2.75, 3.05) is 9.80 Å². The van der Waals surface area contributed by atoms with Crippen molar-refractivity contribution in [2.24, 2.45) is 0 Å². The van der Waals surface area contributed by atoms with Gasteiger partial charge in [0, 0.05) is 17.8 Å². The van der Waals surface area contributed by atoms with Gasteiger partial charge in [-0.1, -0.05) is 36.4 Å². The summed E-state index contributed by atoms with van der Waals surface area (Å²) in [4.78, 5) is 13.5. The molecule has 1 aromatic heterocycles. The van der Waals surface area contributed by atoms with E-state index in [-0.39, 0.29) is 6.17 Å². The number of fused-ring (bicyclic) bond motifs is 5. The molecule has 1 unspecified atom stereocenters. The molecule has 3 heterocycles. The summed E-state index contributed by atoms with van der Waals surface area (Å²) in [6, 6.07) is 19.0. The van der Waals surface area contributed by atoms with Crippen LogP contribution in [-0.4, -0.2) is 16.1 Å². The molecule has 0 saturated carbocycles. The summed E-state index contributed by atoms with van der Waals surface area (Å²) in [5.41, 5.74) is 4.90. The summed E-state index contributed by atoms with van der Waals surface area (Å²) < 4.78 is 0. The van der Waals surface area contributed by atoms with Crippen LogP contribution in [0.25, 0.3) is 0 Å². The maximum Gasteiger partial charge on any atom is 0.162 e. The first-order chi connectivity index (χ1) is 10.9. The van der Waals surface area contributed by atoms with Gasteiger partial charge in [0.15, 0.2) is 5.82 Å². The van der Waals surface area contributed by atoms with Gasteiger partial charge in [0.2, 0.25) is 0 Å². The lowest BCUT2D eigenvalue weighted by Crippen LogP contribution is -2.35. The molecule has 0 bridgehead atoms. The molecule has 0 radical (unpaired) electrons. The maximum atomic E-state index is 4.55. The number of benzene rings is 2. The average molecular weight is 286 g/mol. The Morgan fingerprint density at radius 3 is 2.59 bits per heavy atom. The Kier molecular flexibility index (Phi) is 2.30. The van der Waals surface area contributed by atoms with E-state index in [9.17, 15) is 0 Å². The first kappa shape index (κ1) is 11.7. The molecule has 1 atom stereocenters. The summed E-state index contributed by atoms with van der Waals surface area (Å²) in [5, 5.41) is 0. The Morgan fingerprint density at radius 1 is 0.864 bits per heavy atom. The number of hydrogen-bond donors (Lipinski definition) is 0. The predicted octanol–water partition coefficient (Wildman–Crippen LogP) is 3.65. The summed E-state index contributed by atoms with van der Waals surface area (Å²) in [7, 11) is 0. The van der Waals surface area contributed by atoms with Crippen molar-refractivity contribution < 1.29 is 0 Å². The SMILES string of the molecule is c1ccc(N2c3ncncc3N3c4ccccc4CC32)cc1. The van der Waals surface area contributed by atoms with Gasteiger partial charge in [-0.05, 0) is 23.8 Å². The highest BCUT2D eigenvalue weighted by Gasteiger charge is 2.43. The van der Waals surface area contributed by atoms with Crippen LogP contribution in [0.1, 0.15) is 5.56 Å². The zero-order chi connectivity index (χ0) is 14.5. The fourth-order valence-electron chi connectivity index (χ4n) is 3.56. The fourth-order valence-corrected chi connectivity index (χ4v) is 3.56. The van der Waals surface area contributed by atoms with E-state index in [1.165, 1.54) is 16.9 Å². The number of para-hydroxylation sites is 2. The molecular weight excluding hydrogens is 272 g/mol. The van der Waals surface area contributed by atoms with Crippen molar-refractivity contribution >= 4 is 22.9 Å². The van der Waals surface area contributed by atoms with E-state index >= 15 is 0 Å². The Hall–Kier alpha value is -2.88. The van der Waals surface area contributed by atoms with Crippen LogP contribution in [0.15, 0.2) is 67.1 Å². The second kappa shape index (κ2) is 4.31. The molecule has 4 nitrogen and oxygen atoms in total. The van der Waals surface area contributed by atoms with Gasteiger partial charge in [-0.3, -0.25) is 0 Å². The number of aromatic nitrogens is 2. The molecule has 0 N–H and O–H groups in total. The van der Waals surface area contributed by atoms with Crippen LogP contribution in [0.5, 0.6) is 0 Å². The predicted molar refractivity (Wildman–Crippen MR) is 86.7 cm³/mol. The summed E-state index contributed by atoms with van der Waals surface area (Å²) in [6.45, 7) is 0. The van der Waals surface area contributed by atoms with Crippen LogP contribution in [0.4, 0.5) is 22.9 Å². The molecule has 0 aliphatic carbocycles. The topological polar surface area (TPSA) is 32.3 Å². The number of rotatable bonds is 1. The van der Waals surface area contributed by atoms with Crippen LogP contribution >= 0.6 is 0 Å². The molecule has 22 heavy (non-hydrogen) atoms. The standard InChI is InChI=1S/C18H14N4/c1-2-7-14(8-3-1)21-17-10-13-6-4-5-9-15(13)22(17)16-11-19-12-20-18(16)21/h1-9,11-12,17H,10H2. The van der Waals surface area contributed by atoms with Crippen LogP contribution in [0.3, 0.4) is 0 Å². The lowest BCUT2D eigenvalue weighted by atomic mass is 10.1. The van der Waals surface area contributed by atoms with E-state index in [4.69, 9.17) is 0 Å². The first-order valence-electron chi connectivity index (χ1n) is 7.45. The molecule has 2 aliphatic heterocycles. The van der Waals surface area contributed by atoms with Gasteiger partial charge in [0.1, 0.15) is 18.2 Å². The van der Waals surface area contributed by atoms with Crippen molar-refractivity contribution in [3.63, 3.8) is 0 Å². The normalized spacial score (nSPS) is 18.1. The van der Waals surface area contributed by atoms with E-state index in [1.807, 2.05) is 12.3 Å². The van der Waals surface area contributed by atoms with Crippen LogP contribution < -0.4 is 9.80 Å². The third-order valence-electron chi connectivity index (χ3n) is 4.44. The fraction of sp³-hybridized carbons (Fsp3) is 0.111. The molecule has 3 aromatic rings. The molecule has 2 aromatic carbocycles. The number of nitrogens with zero attached hydrogens (tertiary/aromatic N) is 4. The third kappa shape index (κ3) is 1.46. The molecule has 0 fully saturated rings. The largest absolute Gasteiger partial charge is 0.315 e. The molecule has 5 rings (SSSR count). The van der Waals surface area contributed by atoms with E-state index < -0.39 is 0 Å². The van der Waals surface area contributed by atoms with Gasteiger partial charge >= 0.3 is 0 Å². The summed E-state index contributed by atoms with van der Waals surface area (Å²) >= 11 is 0. The van der Waals surface area contributed by atoms with Gasteiger partial charge in [0.05, 0.1) is 6.20 Å². The van der Waals surface area contributed by atoms with Crippen molar-refractivity contribution in [1.29, 1.82) is 0 Å². The quantitative estimate of drug-likeness (QED) is 0.683. The third-order valence-corrected chi connectivity index (χ3v) is 4.44. The van der Waals surface area contributed by atoms with Crippen LogP contribution in [0.2, 0.25) is 0 Å². The molecule has 4 heteroatoms. The molecular formula is C18H14N4. The molecule has 0 amide bonds. The van der Waals surface area contributed by atoms with E-state index in [2.05, 4.69) is 68.3 Å². The first-order valence-corrected chi connectivity index (χ1v) is 7.45. The van der Waals surface area contributed by atoms with Crippen molar-refractivity contribution in [1.82, 2.24) is 9.97 Å². The van der Waals surface area contributed by atoms with Crippen molar-refractivity contribution in [2.45, 2.75) is 12.6 Å². The minimum Gasteiger partial charge on any atom is -0.315 e. The lowest BCUT2D eigenvalue weighted by Gasteiger charge is -2.26. The van der Waals surface area contributed by atoms with Gasteiger partial charge in [-0.2, -0.15) is 0 Å². The molecule has 106 valence electrons. The van der Waals surface area contributed by atoms with E-state index in [0.29, 0.717) is 0 Å². The summed E-state index contributed by atoms with van der Waals surface area (Å²) in [6.07, 6.45) is 4.77. The number of anilines is 4. The lowest BCUT2D eigenvalue weighted by molar-refractivity contribution is 0.725. The Morgan fingerprint density at radius 2 is 1.68 bits per heavy atom. The van der Waals surface area contributed by atoms with Gasteiger partial charge < -0.3 is 9.80 Å². The molecule has 0 spiro atoms. The zero-order valence-electron chi connectivity index (χ0n) is 11.9. The zero-order valence-corrected chi connectivity index (χ0v) is 11.9. The minimum absolute atomic E-state index is 0.242. The second-order valence-electron chi connectivity index (χ2n) is 5.62. The van der Waals surface area contributed by atoms with Crippen LogP contribution in [0, 0.1) is 0 Å². The second-order valence-corrected chi connectivity index (χ2v) is 5.62. The minimum atomic E-state index is 0.242. The van der Waals surface area contributed by atoms with Gasteiger partial charge in [0.25, 0.3) is 0 Å². The number of hydrogen-bond acceptors (Lipinski definition) is 4. The van der Waals surface area contributed by atoms with Crippen molar-refractivity contribution in [3.05, 3.63) is 72.7 Å². The maximum absolute atomic E-state index is 4.55. The van der Waals surface area contributed by atoms with Crippen LogP contribution in [-0.2, 0) is 6.42 Å². The highest BCUT2D eigenvalue weighted by atomic mass is 15.5. The Bertz CT molecular complexity index is 831. The Balaban J connectivity index is 1.73. The molecule has 0 saturated heterocycles. The van der Waals surface area contributed by atoms with Gasteiger partial charge in [-0.15, -0.1) is 0 Å². The van der Waals surface area contributed by atoms with E-state index in [1.54, 1.807) is 6.33 Å². The monoisotopic (exact) mass is 286 g/mol. The van der Waals surface area contributed by atoms with E-state index in [0.717, 1.165) is 17.9 Å². The van der Waals surface area contributed by atoms with Crippen molar-refractivity contribution in [3.8, 4) is 0 Å². The average Bonchev–Trinajstić information content (AvgIpc) is 3.10. The van der Waals surface area contributed by atoms with Gasteiger partial charge in [-0.25, -0.2) is 9.97 Å². The highest BCUT2D eigenvalue weighted by molar-refractivity contribution is 5.88. The summed E-state index contributed by atoms with van der Waals surface area (Å²) in [5.74, 6) is 0.987. The molecule has 2 aliphatic rings. The smallest absolute Gasteiger partial charge is 0.162 e. The highest BCUT2D eigenvalue weighted by Crippen LogP contribution is 2.51. The Labute approximate surface area is 128 Å².